The normalized spacial score (nSPS) is 15.6. The average Bonchev–Trinajstić information content (AvgIpc) is 2.30. The SMILES string of the molecule is C=C(F)C(=O)OC(OCC(F)(F)S(=O)(=O)O)(C(N)=O)C(F)(F)F. The summed E-state index contributed by atoms with van der Waals surface area (Å²) in [5.74, 6) is -12.4. The van der Waals surface area contributed by atoms with Gasteiger partial charge in [0, 0.05) is 0 Å². The highest BCUT2D eigenvalue weighted by Gasteiger charge is 2.67. The number of primary amides is 1. The van der Waals surface area contributed by atoms with E-state index in [1.165, 1.54) is 0 Å². The predicted molar refractivity (Wildman–Crippen MR) is 56.8 cm³/mol. The molecule has 0 radical (unpaired) electrons. The van der Waals surface area contributed by atoms with E-state index in [4.69, 9.17) is 4.55 Å². The number of carbonyl (C=O) groups is 2. The zero-order valence-electron chi connectivity index (χ0n) is 10.6. The summed E-state index contributed by atoms with van der Waals surface area (Å²) in [7, 11) is -6.25. The minimum Gasteiger partial charge on any atom is -0.410 e. The maximum absolute atomic E-state index is 12.9. The van der Waals surface area contributed by atoms with E-state index >= 15 is 0 Å². The largest absolute Gasteiger partial charge is 0.466 e. The quantitative estimate of drug-likeness (QED) is 0.214. The molecule has 0 aliphatic rings. The lowest BCUT2D eigenvalue weighted by Crippen LogP contribution is -2.61. The average molecular weight is 375 g/mol. The minimum atomic E-state index is -6.25. The van der Waals surface area contributed by atoms with Crippen LogP contribution in [0.1, 0.15) is 0 Å². The minimum absolute atomic E-state index is 2.18. The van der Waals surface area contributed by atoms with Crippen LogP contribution >= 0.6 is 0 Å². The number of hydrogen-bond acceptors (Lipinski definition) is 6. The number of ether oxygens (including phenoxy) is 2. The van der Waals surface area contributed by atoms with Gasteiger partial charge in [0.2, 0.25) is 5.83 Å². The second kappa shape index (κ2) is 6.32. The first-order valence-electron chi connectivity index (χ1n) is 4.91. The second-order valence-electron chi connectivity index (χ2n) is 3.67. The lowest BCUT2D eigenvalue weighted by atomic mass is 10.2. The van der Waals surface area contributed by atoms with Gasteiger partial charge in [-0.15, -0.1) is 0 Å². The predicted octanol–water partition coefficient (Wildman–Crippen LogP) is 0.254. The third-order valence-corrected chi connectivity index (χ3v) is 2.85. The van der Waals surface area contributed by atoms with Crippen molar-refractivity contribution in [3.8, 4) is 0 Å². The molecule has 0 aromatic carbocycles. The summed E-state index contributed by atoms with van der Waals surface area (Å²) < 4.78 is 112. The molecule has 0 saturated heterocycles. The molecule has 1 amide bonds. The molecule has 0 fully saturated rings. The molecule has 23 heavy (non-hydrogen) atoms. The van der Waals surface area contributed by atoms with Crippen molar-refractivity contribution in [2.24, 2.45) is 5.73 Å². The van der Waals surface area contributed by atoms with Crippen LogP contribution < -0.4 is 5.73 Å². The van der Waals surface area contributed by atoms with Crippen LogP contribution in [0.25, 0.3) is 0 Å². The van der Waals surface area contributed by atoms with Gasteiger partial charge in [-0.3, -0.25) is 9.35 Å². The van der Waals surface area contributed by atoms with Crippen LogP contribution in [0, 0.1) is 0 Å². The summed E-state index contributed by atoms with van der Waals surface area (Å²) in [5.41, 5.74) is 4.27. The Balaban J connectivity index is 5.84. The Morgan fingerprint density at radius 1 is 1.17 bits per heavy atom. The molecule has 0 bridgehead atoms. The molecule has 8 nitrogen and oxygen atoms in total. The molecule has 0 aromatic rings. The second-order valence-corrected chi connectivity index (χ2v) is 5.22. The fraction of sp³-hybridized carbons (Fsp3) is 0.500. The number of amides is 1. The number of hydrogen-bond donors (Lipinski definition) is 2. The van der Waals surface area contributed by atoms with Crippen LogP contribution in [0.5, 0.6) is 0 Å². The fourth-order valence-corrected chi connectivity index (χ4v) is 1.08. The summed E-state index contributed by atoms with van der Waals surface area (Å²) in [5, 5.41) is -5.34. The lowest BCUT2D eigenvalue weighted by Gasteiger charge is -2.32. The number of carbonyl (C=O) groups excluding carboxylic acids is 2. The van der Waals surface area contributed by atoms with E-state index in [-0.39, 0.29) is 0 Å². The molecule has 0 aromatic heterocycles. The highest BCUT2D eigenvalue weighted by molar-refractivity contribution is 7.86. The van der Waals surface area contributed by atoms with Crippen molar-refractivity contribution in [1.29, 1.82) is 0 Å². The third kappa shape index (κ3) is 4.55. The monoisotopic (exact) mass is 375 g/mol. The molecule has 134 valence electrons. The summed E-state index contributed by atoms with van der Waals surface area (Å²) >= 11 is 0. The fourth-order valence-electron chi connectivity index (χ4n) is 0.876. The Kier molecular flexibility index (Phi) is 5.81. The van der Waals surface area contributed by atoms with E-state index < -0.39 is 51.6 Å². The van der Waals surface area contributed by atoms with Gasteiger partial charge in [0.15, 0.2) is 0 Å². The smallest absolute Gasteiger partial charge is 0.410 e. The van der Waals surface area contributed by atoms with Gasteiger partial charge in [0.1, 0.15) is 6.61 Å². The number of esters is 1. The topological polar surface area (TPSA) is 133 Å². The maximum atomic E-state index is 12.9. The van der Waals surface area contributed by atoms with Gasteiger partial charge in [-0.1, -0.05) is 6.58 Å². The molecule has 0 spiro atoms. The Bertz CT molecular complexity index is 615. The van der Waals surface area contributed by atoms with Crippen molar-refractivity contribution < 1.29 is 58.4 Å². The number of nitrogens with two attached hydrogens (primary N) is 1. The first-order chi connectivity index (χ1) is 9.98. The zero-order valence-corrected chi connectivity index (χ0v) is 11.4. The zero-order chi connectivity index (χ0) is 18.9. The van der Waals surface area contributed by atoms with E-state index in [0.717, 1.165) is 0 Å². The first-order valence-corrected chi connectivity index (χ1v) is 6.35. The van der Waals surface area contributed by atoms with E-state index in [2.05, 4.69) is 21.8 Å². The van der Waals surface area contributed by atoms with Crippen LogP contribution in [0.2, 0.25) is 0 Å². The van der Waals surface area contributed by atoms with Crippen LogP contribution in [-0.4, -0.2) is 48.7 Å². The molecule has 3 N–H and O–H groups in total. The highest BCUT2D eigenvalue weighted by atomic mass is 32.2. The van der Waals surface area contributed by atoms with Crippen LogP contribution in [0.15, 0.2) is 12.4 Å². The molecule has 0 rings (SSSR count). The van der Waals surface area contributed by atoms with E-state index in [1.54, 1.807) is 0 Å². The van der Waals surface area contributed by atoms with Crippen LogP contribution in [0.3, 0.4) is 0 Å². The van der Waals surface area contributed by atoms with Gasteiger partial charge in [0.25, 0.3) is 0 Å². The van der Waals surface area contributed by atoms with Gasteiger partial charge in [-0.05, 0) is 0 Å². The van der Waals surface area contributed by atoms with Crippen LogP contribution in [0.4, 0.5) is 26.3 Å². The molecule has 0 aliphatic carbocycles. The molecule has 1 atom stereocenters. The molecule has 0 aliphatic heterocycles. The molecule has 15 heteroatoms. The van der Waals surface area contributed by atoms with Crippen molar-refractivity contribution in [2.45, 2.75) is 17.2 Å². The Hall–Kier alpha value is -1.87. The van der Waals surface area contributed by atoms with Crippen molar-refractivity contribution in [3.63, 3.8) is 0 Å². The van der Waals surface area contributed by atoms with E-state index in [0.29, 0.717) is 0 Å². The maximum Gasteiger partial charge on any atom is 0.466 e. The number of alkyl halides is 5. The van der Waals surface area contributed by atoms with Gasteiger partial charge in [-0.25, -0.2) is 4.79 Å². The Morgan fingerprint density at radius 3 is 1.87 bits per heavy atom. The van der Waals surface area contributed by atoms with Crippen molar-refractivity contribution in [2.75, 3.05) is 6.61 Å². The molecular weight excluding hydrogens is 368 g/mol. The third-order valence-electron chi connectivity index (χ3n) is 1.98. The molecule has 0 heterocycles. The molecular formula is C8H7F6NO7S. The Morgan fingerprint density at radius 2 is 1.61 bits per heavy atom. The van der Waals surface area contributed by atoms with Crippen LogP contribution in [-0.2, 0) is 29.2 Å². The molecule has 0 saturated carbocycles. The summed E-state index contributed by atoms with van der Waals surface area (Å²) in [6.45, 7) is -0.577. The number of halogens is 6. The number of rotatable bonds is 7. The Labute approximate surface area is 123 Å². The summed E-state index contributed by atoms with van der Waals surface area (Å²) in [4.78, 5) is 21.7. The van der Waals surface area contributed by atoms with Crippen molar-refractivity contribution in [3.05, 3.63) is 12.4 Å². The van der Waals surface area contributed by atoms with Crippen molar-refractivity contribution in [1.82, 2.24) is 0 Å². The van der Waals surface area contributed by atoms with E-state index in [9.17, 15) is 44.3 Å². The van der Waals surface area contributed by atoms with E-state index in [1.807, 2.05) is 0 Å². The standard InChI is InChI=1S/C8H7F6NO7S/c1-3(9)4(16)22-7(5(15)17,8(12,13)14)21-2-6(10,11)23(18,19)20/h1-2H2,(H2,15,17)(H,18,19,20). The first kappa shape index (κ1) is 21.1. The lowest BCUT2D eigenvalue weighted by molar-refractivity contribution is -0.351. The van der Waals surface area contributed by atoms with Gasteiger partial charge in [0.05, 0.1) is 0 Å². The van der Waals surface area contributed by atoms with Gasteiger partial charge in [-0.2, -0.15) is 34.8 Å². The van der Waals surface area contributed by atoms with Gasteiger partial charge >= 0.3 is 39.2 Å². The molecule has 1 unspecified atom stereocenters. The summed E-state index contributed by atoms with van der Waals surface area (Å²) in [6, 6.07) is 0. The van der Waals surface area contributed by atoms with Crippen molar-refractivity contribution >= 4 is 22.0 Å². The highest BCUT2D eigenvalue weighted by Crippen LogP contribution is 2.37. The summed E-state index contributed by atoms with van der Waals surface area (Å²) in [6.07, 6.45) is -6.11. The van der Waals surface area contributed by atoms with Gasteiger partial charge < -0.3 is 15.2 Å².